The van der Waals surface area contributed by atoms with Crippen molar-refractivity contribution in [3.05, 3.63) is 28.8 Å². The minimum atomic E-state index is 0.144. The number of ether oxygens (including phenoxy) is 1. The van der Waals surface area contributed by atoms with E-state index in [9.17, 15) is 0 Å². The van der Waals surface area contributed by atoms with Crippen molar-refractivity contribution in [2.45, 2.75) is 19.4 Å². The van der Waals surface area contributed by atoms with Gasteiger partial charge in [-0.3, -0.25) is 0 Å². The number of rotatable bonds is 4. The zero-order chi connectivity index (χ0) is 10.7. The van der Waals surface area contributed by atoms with Crippen LogP contribution in [0.4, 0.5) is 0 Å². The number of nitrogens with one attached hydrogen (secondary N) is 1. The zero-order valence-corrected chi connectivity index (χ0v) is 9.38. The number of benzene rings is 1. The molecule has 0 saturated heterocycles. The molecular formula is C11H14ClNO2. The van der Waals surface area contributed by atoms with Gasteiger partial charge in [0, 0.05) is 11.4 Å². The van der Waals surface area contributed by atoms with Gasteiger partial charge in [-0.15, -0.1) is 0 Å². The third-order valence-corrected chi connectivity index (χ3v) is 2.56. The molecule has 1 aliphatic rings. The van der Waals surface area contributed by atoms with E-state index < -0.39 is 0 Å². The minimum Gasteiger partial charge on any atom is -0.488 e. The van der Waals surface area contributed by atoms with Gasteiger partial charge in [-0.25, -0.2) is 0 Å². The highest BCUT2D eigenvalue weighted by Crippen LogP contribution is 2.30. The molecule has 0 saturated carbocycles. The number of fused-ring (bicyclic) bond motifs is 1. The quantitative estimate of drug-likeness (QED) is 0.632. The van der Waals surface area contributed by atoms with Crippen molar-refractivity contribution >= 4 is 11.6 Å². The molecule has 1 unspecified atom stereocenters. The van der Waals surface area contributed by atoms with E-state index in [0.717, 1.165) is 17.2 Å². The Kier molecular flexibility index (Phi) is 3.46. The second kappa shape index (κ2) is 4.84. The summed E-state index contributed by atoms with van der Waals surface area (Å²) in [5.74, 6) is 0.933. The van der Waals surface area contributed by atoms with Crippen LogP contribution in [0.2, 0.25) is 5.02 Å². The standard InChI is InChI=1S/C11H14ClNO2/c1-2-14-13-7-10-6-8-5-9(12)3-4-11(8)15-10/h3-5,10,13H,2,6-7H2,1H3. The molecule has 1 aliphatic heterocycles. The highest BCUT2D eigenvalue weighted by atomic mass is 35.5. The average molecular weight is 228 g/mol. The molecule has 0 aliphatic carbocycles. The summed E-state index contributed by atoms with van der Waals surface area (Å²) in [6.07, 6.45) is 1.03. The maximum absolute atomic E-state index is 5.90. The summed E-state index contributed by atoms with van der Waals surface area (Å²) < 4.78 is 5.71. The summed E-state index contributed by atoms with van der Waals surface area (Å²) in [6.45, 7) is 3.29. The first-order valence-electron chi connectivity index (χ1n) is 5.09. The van der Waals surface area contributed by atoms with Gasteiger partial charge < -0.3 is 9.57 Å². The summed E-state index contributed by atoms with van der Waals surface area (Å²) in [5, 5.41) is 0.760. The summed E-state index contributed by atoms with van der Waals surface area (Å²) in [4.78, 5) is 5.06. The summed E-state index contributed by atoms with van der Waals surface area (Å²) in [5.41, 5.74) is 4.04. The molecular weight excluding hydrogens is 214 g/mol. The third-order valence-electron chi connectivity index (χ3n) is 2.32. The molecule has 0 bridgehead atoms. The van der Waals surface area contributed by atoms with Crippen LogP contribution in [0.1, 0.15) is 12.5 Å². The van der Waals surface area contributed by atoms with Crippen molar-refractivity contribution in [2.24, 2.45) is 0 Å². The van der Waals surface area contributed by atoms with Crippen molar-refractivity contribution in [2.75, 3.05) is 13.2 Å². The highest BCUT2D eigenvalue weighted by molar-refractivity contribution is 6.30. The maximum Gasteiger partial charge on any atom is 0.123 e. The van der Waals surface area contributed by atoms with Crippen LogP contribution in [0, 0.1) is 0 Å². The monoisotopic (exact) mass is 227 g/mol. The van der Waals surface area contributed by atoms with Crippen LogP contribution < -0.4 is 10.2 Å². The predicted molar refractivity (Wildman–Crippen MR) is 59.2 cm³/mol. The molecule has 1 heterocycles. The normalized spacial score (nSPS) is 18.7. The van der Waals surface area contributed by atoms with Gasteiger partial charge >= 0.3 is 0 Å². The first kappa shape index (κ1) is 10.7. The Morgan fingerprint density at radius 2 is 2.47 bits per heavy atom. The molecule has 0 aromatic heterocycles. The van der Waals surface area contributed by atoms with Crippen molar-refractivity contribution in [1.82, 2.24) is 5.48 Å². The van der Waals surface area contributed by atoms with Crippen LogP contribution in [0.5, 0.6) is 5.75 Å². The largest absolute Gasteiger partial charge is 0.488 e. The van der Waals surface area contributed by atoms with E-state index in [0.29, 0.717) is 13.2 Å². The number of hydrogen-bond donors (Lipinski definition) is 1. The Hall–Kier alpha value is -0.770. The van der Waals surface area contributed by atoms with Gasteiger partial charge in [0.05, 0.1) is 13.2 Å². The molecule has 0 radical (unpaired) electrons. The Labute approximate surface area is 94.3 Å². The van der Waals surface area contributed by atoms with Crippen molar-refractivity contribution < 1.29 is 9.57 Å². The molecule has 0 spiro atoms. The van der Waals surface area contributed by atoms with Crippen LogP contribution in [-0.4, -0.2) is 19.3 Å². The van der Waals surface area contributed by atoms with Gasteiger partial charge in [0.25, 0.3) is 0 Å². The Morgan fingerprint density at radius 3 is 3.27 bits per heavy atom. The van der Waals surface area contributed by atoms with Crippen LogP contribution in [0.25, 0.3) is 0 Å². The molecule has 0 fully saturated rings. The fourth-order valence-electron chi connectivity index (χ4n) is 1.66. The number of hydroxylamine groups is 1. The van der Waals surface area contributed by atoms with Gasteiger partial charge in [-0.05, 0) is 30.7 Å². The molecule has 1 atom stereocenters. The Bertz CT molecular complexity index is 343. The lowest BCUT2D eigenvalue weighted by molar-refractivity contribution is 0.0305. The molecule has 1 N–H and O–H groups in total. The van der Waals surface area contributed by atoms with E-state index in [4.69, 9.17) is 21.2 Å². The van der Waals surface area contributed by atoms with Crippen LogP contribution in [-0.2, 0) is 11.3 Å². The van der Waals surface area contributed by atoms with Gasteiger partial charge in [0.15, 0.2) is 0 Å². The predicted octanol–water partition coefficient (Wildman–Crippen LogP) is 2.18. The van der Waals surface area contributed by atoms with Gasteiger partial charge in [0.1, 0.15) is 11.9 Å². The van der Waals surface area contributed by atoms with E-state index >= 15 is 0 Å². The Balaban J connectivity index is 1.91. The second-order valence-corrected chi connectivity index (χ2v) is 3.91. The second-order valence-electron chi connectivity index (χ2n) is 3.48. The fraction of sp³-hybridized carbons (Fsp3) is 0.455. The van der Waals surface area contributed by atoms with Gasteiger partial charge in [-0.2, -0.15) is 5.48 Å². The lowest BCUT2D eigenvalue weighted by Gasteiger charge is -2.10. The molecule has 15 heavy (non-hydrogen) atoms. The first-order chi connectivity index (χ1) is 7.29. The molecule has 82 valence electrons. The van der Waals surface area contributed by atoms with Crippen LogP contribution in [0.15, 0.2) is 18.2 Å². The molecule has 3 nitrogen and oxygen atoms in total. The average Bonchev–Trinajstić information content (AvgIpc) is 2.60. The fourth-order valence-corrected chi connectivity index (χ4v) is 1.85. The van der Waals surface area contributed by atoms with E-state index in [1.165, 1.54) is 5.56 Å². The number of hydrogen-bond acceptors (Lipinski definition) is 3. The first-order valence-corrected chi connectivity index (χ1v) is 5.47. The topological polar surface area (TPSA) is 30.5 Å². The van der Waals surface area contributed by atoms with Crippen LogP contribution >= 0.6 is 11.6 Å². The van der Waals surface area contributed by atoms with Crippen LogP contribution in [0.3, 0.4) is 0 Å². The maximum atomic E-state index is 5.90. The lowest BCUT2D eigenvalue weighted by atomic mass is 10.1. The van der Waals surface area contributed by atoms with Crippen molar-refractivity contribution in [3.8, 4) is 5.75 Å². The summed E-state index contributed by atoms with van der Waals surface area (Å²) in [7, 11) is 0. The Morgan fingerprint density at radius 1 is 1.60 bits per heavy atom. The number of halogens is 1. The smallest absolute Gasteiger partial charge is 0.123 e. The van der Waals surface area contributed by atoms with Gasteiger partial charge in [0.2, 0.25) is 0 Å². The summed E-state index contributed by atoms with van der Waals surface area (Å²) >= 11 is 5.90. The summed E-state index contributed by atoms with van der Waals surface area (Å²) in [6, 6.07) is 5.72. The molecule has 2 rings (SSSR count). The van der Waals surface area contributed by atoms with E-state index in [2.05, 4.69) is 5.48 Å². The molecule has 1 aromatic rings. The SMILES string of the molecule is CCONCC1Cc2cc(Cl)ccc2O1. The molecule has 4 heteroatoms. The molecule has 0 amide bonds. The van der Waals surface area contributed by atoms with Gasteiger partial charge in [-0.1, -0.05) is 11.6 Å². The lowest BCUT2D eigenvalue weighted by Crippen LogP contribution is -2.30. The molecule has 1 aromatic carbocycles. The minimum absolute atomic E-state index is 0.144. The third kappa shape index (κ3) is 2.62. The van der Waals surface area contributed by atoms with E-state index in [1.807, 2.05) is 25.1 Å². The highest BCUT2D eigenvalue weighted by Gasteiger charge is 2.22. The van der Waals surface area contributed by atoms with E-state index in [1.54, 1.807) is 0 Å². The van der Waals surface area contributed by atoms with E-state index in [-0.39, 0.29) is 6.10 Å². The van der Waals surface area contributed by atoms with Crippen molar-refractivity contribution in [3.63, 3.8) is 0 Å². The zero-order valence-electron chi connectivity index (χ0n) is 8.63. The van der Waals surface area contributed by atoms with Crippen molar-refractivity contribution in [1.29, 1.82) is 0 Å².